The highest BCUT2D eigenvalue weighted by Gasteiger charge is 2.19. The Morgan fingerprint density at radius 2 is 1.39 bits per heavy atom. The third kappa shape index (κ3) is 4.67. The van der Waals surface area contributed by atoms with Crippen LogP contribution in [0.3, 0.4) is 0 Å². The number of nitrogens with one attached hydrogen (secondary N) is 1. The zero-order valence-electron chi connectivity index (χ0n) is 18.0. The summed E-state index contributed by atoms with van der Waals surface area (Å²) in [4.78, 5) is 2.58. The van der Waals surface area contributed by atoms with E-state index in [-0.39, 0.29) is 0 Å². The van der Waals surface area contributed by atoms with Gasteiger partial charge in [0.05, 0.1) is 6.61 Å². The number of ether oxygens (including phenoxy) is 1. The molecule has 3 nitrogen and oxygen atoms in total. The molecule has 0 radical (unpaired) electrons. The molecule has 0 amide bonds. The van der Waals surface area contributed by atoms with Gasteiger partial charge in [0.2, 0.25) is 0 Å². The van der Waals surface area contributed by atoms with E-state index in [4.69, 9.17) is 4.74 Å². The zero-order chi connectivity index (χ0) is 20.9. The van der Waals surface area contributed by atoms with Crippen molar-refractivity contribution >= 4 is 27.2 Å². The molecule has 31 heavy (non-hydrogen) atoms. The number of piperidine rings is 1. The molecule has 0 unspecified atom stereocenters. The molecule has 0 aromatic heterocycles. The molecule has 1 aliphatic heterocycles. The molecule has 1 aliphatic rings. The fraction of sp³-hybridized carbons (Fsp3) is 0.286. The highest BCUT2D eigenvalue weighted by Crippen LogP contribution is 2.26. The first-order valence-electron chi connectivity index (χ1n) is 11.4. The first kappa shape index (κ1) is 19.9. The number of fused-ring (bicyclic) bond motifs is 2. The van der Waals surface area contributed by atoms with Crippen LogP contribution in [0.15, 0.2) is 84.9 Å². The Balaban J connectivity index is 1.08. The van der Waals surface area contributed by atoms with E-state index in [1.807, 2.05) is 0 Å². The van der Waals surface area contributed by atoms with Crippen molar-refractivity contribution in [2.24, 2.45) is 0 Å². The van der Waals surface area contributed by atoms with E-state index in [0.717, 1.165) is 38.4 Å². The minimum atomic E-state index is 0.550. The summed E-state index contributed by atoms with van der Waals surface area (Å²) in [5.41, 5.74) is 1.26. The van der Waals surface area contributed by atoms with E-state index in [1.54, 1.807) is 0 Å². The SMILES string of the molecule is c1ccc2c(NC3CCN(CCCOc4cccc5ccccc45)CC3)cccc2c1. The summed E-state index contributed by atoms with van der Waals surface area (Å²) >= 11 is 0. The van der Waals surface area contributed by atoms with Crippen LogP contribution in [-0.2, 0) is 0 Å². The molecular weight excluding hydrogens is 380 g/mol. The molecule has 0 aliphatic carbocycles. The molecule has 5 rings (SSSR count). The third-order valence-electron chi connectivity index (χ3n) is 6.36. The molecule has 1 fully saturated rings. The average Bonchev–Trinajstić information content (AvgIpc) is 2.83. The van der Waals surface area contributed by atoms with Crippen molar-refractivity contribution in [2.45, 2.75) is 25.3 Å². The zero-order valence-corrected chi connectivity index (χ0v) is 18.0. The standard InChI is InChI=1S/C28H30N2O/c1-3-12-25-22(8-1)10-5-14-27(25)29-24-16-19-30(20-17-24)18-7-21-31-28-15-6-11-23-9-2-4-13-26(23)28/h1-6,8-15,24,29H,7,16-21H2. The summed E-state index contributed by atoms with van der Waals surface area (Å²) in [6.45, 7) is 4.17. The van der Waals surface area contributed by atoms with Crippen molar-refractivity contribution in [1.82, 2.24) is 4.90 Å². The maximum Gasteiger partial charge on any atom is 0.127 e. The number of likely N-dealkylation sites (tertiary alicyclic amines) is 1. The van der Waals surface area contributed by atoms with Crippen LogP contribution in [0.2, 0.25) is 0 Å². The largest absolute Gasteiger partial charge is 0.493 e. The number of nitrogens with zero attached hydrogens (tertiary/aromatic N) is 1. The van der Waals surface area contributed by atoms with Gasteiger partial charge in [-0.05, 0) is 42.2 Å². The summed E-state index contributed by atoms with van der Waals surface area (Å²) in [5.74, 6) is 0.996. The number of rotatable bonds is 7. The fourth-order valence-corrected chi connectivity index (χ4v) is 4.66. The highest BCUT2D eigenvalue weighted by molar-refractivity contribution is 5.93. The predicted octanol–water partition coefficient (Wildman–Crippen LogP) is 6.34. The Hall–Kier alpha value is -3.04. The fourth-order valence-electron chi connectivity index (χ4n) is 4.66. The van der Waals surface area contributed by atoms with Crippen molar-refractivity contribution in [3.8, 4) is 5.75 Å². The van der Waals surface area contributed by atoms with Gasteiger partial charge in [-0.3, -0.25) is 0 Å². The average molecular weight is 411 g/mol. The van der Waals surface area contributed by atoms with Crippen molar-refractivity contribution in [1.29, 1.82) is 0 Å². The molecule has 0 spiro atoms. The number of hydrogen-bond donors (Lipinski definition) is 1. The van der Waals surface area contributed by atoms with E-state index in [0.29, 0.717) is 6.04 Å². The predicted molar refractivity (Wildman–Crippen MR) is 131 cm³/mol. The van der Waals surface area contributed by atoms with Gasteiger partial charge in [0.1, 0.15) is 5.75 Å². The monoisotopic (exact) mass is 410 g/mol. The van der Waals surface area contributed by atoms with Crippen LogP contribution in [0.4, 0.5) is 5.69 Å². The van der Waals surface area contributed by atoms with E-state index < -0.39 is 0 Å². The first-order chi connectivity index (χ1) is 15.4. The van der Waals surface area contributed by atoms with Gasteiger partial charge < -0.3 is 15.0 Å². The molecule has 4 aromatic carbocycles. The van der Waals surface area contributed by atoms with Crippen LogP contribution < -0.4 is 10.1 Å². The summed E-state index contributed by atoms with van der Waals surface area (Å²) in [6.07, 6.45) is 3.44. The second kappa shape index (κ2) is 9.40. The van der Waals surface area contributed by atoms with Crippen molar-refractivity contribution < 1.29 is 4.74 Å². The highest BCUT2D eigenvalue weighted by atomic mass is 16.5. The smallest absolute Gasteiger partial charge is 0.127 e. The maximum atomic E-state index is 6.11. The Morgan fingerprint density at radius 1 is 0.742 bits per heavy atom. The molecular formula is C28H30N2O. The number of anilines is 1. The Labute approximate surface area is 184 Å². The lowest BCUT2D eigenvalue weighted by Gasteiger charge is -2.33. The van der Waals surface area contributed by atoms with Gasteiger partial charge in [-0.15, -0.1) is 0 Å². The van der Waals surface area contributed by atoms with Crippen LogP contribution in [0, 0.1) is 0 Å². The molecule has 1 saturated heterocycles. The Bertz CT molecular complexity index is 1130. The van der Waals surface area contributed by atoms with Gasteiger partial charge in [0.25, 0.3) is 0 Å². The normalized spacial score (nSPS) is 15.4. The van der Waals surface area contributed by atoms with E-state index >= 15 is 0 Å². The van der Waals surface area contributed by atoms with Crippen molar-refractivity contribution in [3.05, 3.63) is 84.9 Å². The first-order valence-corrected chi connectivity index (χ1v) is 11.4. The minimum absolute atomic E-state index is 0.550. The van der Waals surface area contributed by atoms with Crippen LogP contribution in [0.5, 0.6) is 5.75 Å². The van der Waals surface area contributed by atoms with Gasteiger partial charge in [-0.2, -0.15) is 0 Å². The van der Waals surface area contributed by atoms with E-state index in [2.05, 4.69) is 95.1 Å². The van der Waals surface area contributed by atoms with Gasteiger partial charge in [0, 0.05) is 42.1 Å². The van der Waals surface area contributed by atoms with E-state index in [1.165, 1.54) is 40.1 Å². The molecule has 1 N–H and O–H groups in total. The van der Waals surface area contributed by atoms with Crippen LogP contribution in [-0.4, -0.2) is 37.2 Å². The van der Waals surface area contributed by atoms with E-state index in [9.17, 15) is 0 Å². The van der Waals surface area contributed by atoms with Gasteiger partial charge in [-0.25, -0.2) is 0 Å². The summed E-state index contributed by atoms with van der Waals surface area (Å²) in [5, 5.41) is 8.85. The number of hydrogen-bond acceptors (Lipinski definition) is 3. The summed E-state index contributed by atoms with van der Waals surface area (Å²) in [6, 6.07) is 30.4. The molecule has 4 aromatic rings. The summed E-state index contributed by atoms with van der Waals surface area (Å²) < 4.78 is 6.11. The summed E-state index contributed by atoms with van der Waals surface area (Å²) in [7, 11) is 0. The molecule has 158 valence electrons. The molecule has 3 heteroatoms. The Morgan fingerprint density at radius 3 is 2.19 bits per heavy atom. The van der Waals surface area contributed by atoms with Gasteiger partial charge in [-0.1, -0.05) is 72.8 Å². The van der Waals surface area contributed by atoms with Gasteiger partial charge in [0.15, 0.2) is 0 Å². The lowest BCUT2D eigenvalue weighted by molar-refractivity contribution is 0.198. The quantitative estimate of drug-likeness (QED) is 0.360. The minimum Gasteiger partial charge on any atom is -0.493 e. The van der Waals surface area contributed by atoms with Crippen LogP contribution in [0.1, 0.15) is 19.3 Å². The molecule has 0 bridgehead atoms. The Kier molecular flexibility index (Phi) is 6.03. The van der Waals surface area contributed by atoms with Crippen molar-refractivity contribution in [2.75, 3.05) is 31.6 Å². The third-order valence-corrected chi connectivity index (χ3v) is 6.36. The molecule has 1 heterocycles. The van der Waals surface area contributed by atoms with Gasteiger partial charge >= 0.3 is 0 Å². The molecule has 0 atom stereocenters. The van der Waals surface area contributed by atoms with Crippen molar-refractivity contribution in [3.63, 3.8) is 0 Å². The maximum absolute atomic E-state index is 6.11. The molecule has 0 saturated carbocycles. The second-order valence-corrected chi connectivity index (χ2v) is 8.47. The number of benzene rings is 4. The topological polar surface area (TPSA) is 24.5 Å². The van der Waals surface area contributed by atoms with Crippen LogP contribution in [0.25, 0.3) is 21.5 Å². The lowest BCUT2D eigenvalue weighted by Crippen LogP contribution is -2.39. The second-order valence-electron chi connectivity index (χ2n) is 8.47. The lowest BCUT2D eigenvalue weighted by atomic mass is 10.0. The van der Waals surface area contributed by atoms with Crippen LogP contribution >= 0.6 is 0 Å².